The van der Waals surface area contributed by atoms with E-state index in [-0.39, 0.29) is 19.5 Å². The van der Waals surface area contributed by atoms with Gasteiger partial charge in [-0.3, -0.25) is 4.79 Å². The molecule has 0 unspecified atom stereocenters. The first-order valence-electron chi connectivity index (χ1n) is 7.01. The summed E-state index contributed by atoms with van der Waals surface area (Å²) in [6.45, 7) is 4.28. The van der Waals surface area contributed by atoms with Crippen LogP contribution >= 0.6 is 45.8 Å². The van der Waals surface area contributed by atoms with Gasteiger partial charge in [-0.15, -0.1) is 0 Å². The molecule has 2 atom stereocenters. The lowest BCUT2D eigenvalue weighted by molar-refractivity contribution is -0.147. The molecule has 1 aliphatic carbocycles. The predicted molar refractivity (Wildman–Crippen MR) is 94.1 cm³/mol. The SMILES string of the molecule is Cc1c(F)c(F)c(COC(=O)[C@H]2[C@H](C=C(Cl)Cl)C2(C)C)c(I)c1F. The quantitative estimate of drug-likeness (QED) is 0.308. The molecule has 0 aliphatic heterocycles. The van der Waals surface area contributed by atoms with Crippen molar-refractivity contribution in [3.63, 3.8) is 0 Å². The molecule has 1 saturated carbocycles. The topological polar surface area (TPSA) is 26.3 Å². The predicted octanol–water partition coefficient (Wildman–Crippen LogP) is 5.65. The second kappa shape index (κ2) is 7.03. The highest BCUT2D eigenvalue weighted by atomic mass is 127. The molecule has 1 fully saturated rings. The number of hydrogen-bond acceptors (Lipinski definition) is 2. The van der Waals surface area contributed by atoms with Crippen LogP contribution in [0.25, 0.3) is 0 Å². The van der Waals surface area contributed by atoms with Crippen LogP contribution in [0.15, 0.2) is 10.6 Å². The van der Waals surface area contributed by atoms with Gasteiger partial charge in [-0.1, -0.05) is 37.0 Å². The van der Waals surface area contributed by atoms with Gasteiger partial charge in [-0.2, -0.15) is 0 Å². The van der Waals surface area contributed by atoms with Gasteiger partial charge >= 0.3 is 5.97 Å². The summed E-state index contributed by atoms with van der Waals surface area (Å²) in [5.41, 5.74) is -1.12. The van der Waals surface area contributed by atoms with E-state index in [2.05, 4.69) is 0 Å². The molecule has 0 spiro atoms. The van der Waals surface area contributed by atoms with Gasteiger partial charge < -0.3 is 4.74 Å². The first-order valence-corrected chi connectivity index (χ1v) is 8.84. The molecule has 0 radical (unpaired) electrons. The van der Waals surface area contributed by atoms with Crippen molar-refractivity contribution in [1.29, 1.82) is 0 Å². The highest BCUT2D eigenvalue weighted by molar-refractivity contribution is 14.1. The second-order valence-corrected chi connectivity index (χ2v) is 8.33. The average Bonchev–Trinajstić information content (AvgIpc) is 3.02. The second-order valence-electron chi connectivity index (χ2n) is 6.25. The Morgan fingerprint density at radius 1 is 1.25 bits per heavy atom. The zero-order valence-corrected chi connectivity index (χ0v) is 16.7. The van der Waals surface area contributed by atoms with Gasteiger partial charge in [0.25, 0.3) is 0 Å². The van der Waals surface area contributed by atoms with E-state index in [1.54, 1.807) is 28.7 Å². The van der Waals surface area contributed by atoms with Crippen LogP contribution in [0, 0.1) is 45.2 Å². The third-order valence-electron chi connectivity index (χ3n) is 4.40. The lowest BCUT2D eigenvalue weighted by Crippen LogP contribution is -2.13. The first-order chi connectivity index (χ1) is 11.0. The minimum atomic E-state index is -1.28. The van der Waals surface area contributed by atoms with E-state index < -0.39 is 46.9 Å². The van der Waals surface area contributed by atoms with Crippen molar-refractivity contribution < 1.29 is 22.7 Å². The number of halogens is 6. The summed E-state index contributed by atoms with van der Waals surface area (Å²) in [6, 6.07) is 0. The Morgan fingerprint density at radius 2 is 1.83 bits per heavy atom. The van der Waals surface area contributed by atoms with Crippen molar-refractivity contribution in [2.75, 3.05) is 0 Å². The molecule has 1 aromatic rings. The van der Waals surface area contributed by atoms with Crippen LogP contribution in [0.3, 0.4) is 0 Å². The van der Waals surface area contributed by atoms with Gasteiger partial charge in [0.15, 0.2) is 11.6 Å². The maximum atomic E-state index is 14.0. The van der Waals surface area contributed by atoms with Gasteiger partial charge in [-0.25, -0.2) is 13.2 Å². The number of benzene rings is 1. The fraction of sp³-hybridized carbons (Fsp3) is 0.438. The van der Waals surface area contributed by atoms with Gasteiger partial charge in [0, 0.05) is 11.1 Å². The number of carbonyl (C=O) groups excluding carboxylic acids is 1. The van der Waals surface area contributed by atoms with Crippen LogP contribution in [0.4, 0.5) is 13.2 Å². The van der Waals surface area contributed by atoms with Gasteiger partial charge in [0.2, 0.25) is 0 Å². The highest BCUT2D eigenvalue weighted by Crippen LogP contribution is 2.60. The van der Waals surface area contributed by atoms with Crippen molar-refractivity contribution in [1.82, 2.24) is 0 Å². The molecule has 132 valence electrons. The summed E-state index contributed by atoms with van der Waals surface area (Å²) in [6.07, 6.45) is 1.55. The molecule has 0 heterocycles. The fourth-order valence-electron chi connectivity index (χ4n) is 2.72. The fourth-order valence-corrected chi connectivity index (χ4v) is 3.79. The first kappa shape index (κ1) is 19.8. The number of carbonyl (C=O) groups is 1. The molecule has 2 nitrogen and oxygen atoms in total. The van der Waals surface area contributed by atoms with E-state index in [1.165, 1.54) is 0 Å². The third-order valence-corrected chi connectivity index (χ3v) is 5.78. The van der Waals surface area contributed by atoms with E-state index in [1.807, 2.05) is 13.8 Å². The van der Waals surface area contributed by atoms with E-state index in [4.69, 9.17) is 27.9 Å². The Bertz CT molecular complexity index is 702. The molecule has 0 saturated heterocycles. The summed E-state index contributed by atoms with van der Waals surface area (Å²) in [5, 5.41) is 0. The minimum absolute atomic E-state index is 0.0478. The maximum Gasteiger partial charge on any atom is 0.310 e. The molecule has 0 aromatic heterocycles. The monoisotopic (exact) mass is 492 g/mol. The van der Waals surface area contributed by atoms with Gasteiger partial charge in [0.1, 0.15) is 16.9 Å². The molecular weight excluding hydrogens is 479 g/mol. The Hall–Kier alpha value is -0.470. The van der Waals surface area contributed by atoms with Crippen LogP contribution in [-0.2, 0) is 16.1 Å². The van der Waals surface area contributed by atoms with Crippen LogP contribution < -0.4 is 0 Å². The molecule has 0 N–H and O–H groups in total. The third kappa shape index (κ3) is 3.55. The van der Waals surface area contributed by atoms with Crippen LogP contribution in [0.1, 0.15) is 25.0 Å². The van der Waals surface area contributed by atoms with Crippen molar-refractivity contribution >= 4 is 51.8 Å². The Balaban J connectivity index is 2.16. The molecule has 0 amide bonds. The zero-order valence-electron chi connectivity index (χ0n) is 13.0. The normalized spacial score (nSPS) is 21.4. The Kier molecular flexibility index (Phi) is 5.82. The van der Waals surface area contributed by atoms with E-state index >= 15 is 0 Å². The Morgan fingerprint density at radius 3 is 2.38 bits per heavy atom. The molecular formula is C16H14Cl2F3IO2. The van der Waals surface area contributed by atoms with Gasteiger partial charge in [0.05, 0.1) is 9.49 Å². The smallest absolute Gasteiger partial charge is 0.310 e. The number of ether oxygens (including phenoxy) is 1. The number of rotatable bonds is 4. The Labute approximate surface area is 161 Å². The molecule has 8 heteroatoms. The maximum absolute atomic E-state index is 14.0. The number of hydrogen-bond donors (Lipinski definition) is 0. The lowest BCUT2D eigenvalue weighted by Gasteiger charge is -2.12. The summed E-state index contributed by atoms with van der Waals surface area (Å²) >= 11 is 12.8. The number of esters is 1. The summed E-state index contributed by atoms with van der Waals surface area (Å²) in [4.78, 5) is 12.2. The van der Waals surface area contributed by atoms with Crippen LogP contribution in [-0.4, -0.2) is 5.97 Å². The molecule has 2 rings (SSSR count). The largest absolute Gasteiger partial charge is 0.460 e. The zero-order chi connectivity index (χ0) is 18.4. The standard InChI is InChI=1S/C16H14Cl2F3IO2/c1-6-11(19)13(21)7(14(22)12(6)20)5-24-15(23)10-8(4-9(17)18)16(10,2)3/h4,8,10H,5H2,1-3H3/t8-,10+/m0/s1. The molecule has 0 bridgehead atoms. The molecule has 1 aromatic carbocycles. The van der Waals surface area contributed by atoms with E-state index in [9.17, 15) is 18.0 Å². The summed E-state index contributed by atoms with van der Waals surface area (Å²) in [5.74, 6) is -4.63. The summed E-state index contributed by atoms with van der Waals surface area (Å²) < 4.78 is 46.5. The van der Waals surface area contributed by atoms with Crippen molar-refractivity contribution in [2.24, 2.45) is 17.3 Å². The van der Waals surface area contributed by atoms with Crippen LogP contribution in [0.5, 0.6) is 0 Å². The number of allylic oxidation sites excluding steroid dienone is 1. The van der Waals surface area contributed by atoms with E-state index in [0.717, 1.165) is 6.92 Å². The van der Waals surface area contributed by atoms with Gasteiger partial charge in [-0.05, 0) is 46.9 Å². The van der Waals surface area contributed by atoms with E-state index in [0.29, 0.717) is 0 Å². The molecule has 1 aliphatic rings. The highest BCUT2D eigenvalue weighted by Gasteiger charge is 2.61. The average molecular weight is 493 g/mol. The minimum Gasteiger partial charge on any atom is -0.460 e. The summed E-state index contributed by atoms with van der Waals surface area (Å²) in [7, 11) is 0. The van der Waals surface area contributed by atoms with Crippen molar-refractivity contribution in [3.8, 4) is 0 Å². The van der Waals surface area contributed by atoms with Crippen molar-refractivity contribution in [3.05, 3.63) is 42.7 Å². The molecule has 24 heavy (non-hydrogen) atoms. The lowest BCUT2D eigenvalue weighted by atomic mass is 10.1. The van der Waals surface area contributed by atoms with Crippen molar-refractivity contribution in [2.45, 2.75) is 27.4 Å². The van der Waals surface area contributed by atoms with Crippen LogP contribution in [0.2, 0.25) is 0 Å².